The normalized spacial score (nSPS) is 14.7. The molecule has 0 unspecified atom stereocenters. The second kappa shape index (κ2) is 8.16. The summed E-state index contributed by atoms with van der Waals surface area (Å²) in [5, 5.41) is 3.62. The van der Waals surface area contributed by atoms with Gasteiger partial charge in [-0.2, -0.15) is 0 Å². The van der Waals surface area contributed by atoms with Crippen molar-refractivity contribution in [1.29, 1.82) is 0 Å². The highest BCUT2D eigenvalue weighted by Gasteiger charge is 2.21. The molecule has 0 bridgehead atoms. The van der Waals surface area contributed by atoms with Gasteiger partial charge in [-0.05, 0) is 36.5 Å². The lowest BCUT2D eigenvalue weighted by Crippen LogP contribution is -2.32. The molecule has 0 heterocycles. The second-order valence-corrected chi connectivity index (χ2v) is 7.18. The highest BCUT2D eigenvalue weighted by atomic mass is 79.9. The molecule has 1 aromatic rings. The van der Waals surface area contributed by atoms with Gasteiger partial charge in [-0.15, -0.1) is 0 Å². The first-order valence-electron chi connectivity index (χ1n) is 7.86. The van der Waals surface area contributed by atoms with Crippen LogP contribution in [-0.2, 0) is 11.3 Å². The van der Waals surface area contributed by atoms with E-state index in [-0.39, 0.29) is 0 Å². The number of methoxy groups -OCH3 is 1. The number of benzene rings is 1. The molecule has 0 radical (unpaired) electrons. The molecular formula is C17H27BrN2O. The summed E-state index contributed by atoms with van der Waals surface area (Å²) in [7, 11) is 1.77. The summed E-state index contributed by atoms with van der Waals surface area (Å²) in [5.41, 5.74) is 2.70. The summed E-state index contributed by atoms with van der Waals surface area (Å²) in [6.07, 6.45) is 2.65. The van der Waals surface area contributed by atoms with Crippen LogP contribution in [-0.4, -0.2) is 32.8 Å². The van der Waals surface area contributed by atoms with Gasteiger partial charge in [0.15, 0.2) is 0 Å². The van der Waals surface area contributed by atoms with Gasteiger partial charge in [0.05, 0.1) is 6.61 Å². The summed E-state index contributed by atoms with van der Waals surface area (Å²) in [6, 6.07) is 7.34. The number of nitrogens with zero attached hydrogens (tertiary/aromatic N) is 1. The number of ether oxygens (including phenoxy) is 1. The molecule has 0 aromatic heterocycles. The van der Waals surface area contributed by atoms with Gasteiger partial charge in [-0.1, -0.05) is 35.8 Å². The van der Waals surface area contributed by atoms with E-state index in [1.807, 2.05) is 0 Å². The lowest BCUT2D eigenvalue weighted by Gasteiger charge is -2.29. The zero-order valence-electron chi connectivity index (χ0n) is 13.4. The van der Waals surface area contributed by atoms with Crippen molar-refractivity contribution in [3.05, 3.63) is 28.2 Å². The molecule has 1 aromatic carbocycles. The van der Waals surface area contributed by atoms with E-state index >= 15 is 0 Å². The fourth-order valence-corrected chi connectivity index (χ4v) is 2.82. The van der Waals surface area contributed by atoms with Gasteiger partial charge in [0.1, 0.15) is 0 Å². The molecule has 1 aliphatic carbocycles. The van der Waals surface area contributed by atoms with Crippen molar-refractivity contribution in [3.8, 4) is 0 Å². The lowest BCUT2D eigenvalue weighted by molar-refractivity contribution is 0.204. The quantitative estimate of drug-likeness (QED) is 0.729. The Morgan fingerprint density at radius 3 is 2.76 bits per heavy atom. The van der Waals surface area contributed by atoms with E-state index in [1.54, 1.807) is 7.11 Å². The summed E-state index contributed by atoms with van der Waals surface area (Å²) in [4.78, 5) is 2.45. The fraction of sp³-hybridized carbons (Fsp3) is 0.647. The summed E-state index contributed by atoms with van der Waals surface area (Å²) >= 11 is 3.61. The zero-order chi connectivity index (χ0) is 15.2. The molecule has 0 spiro atoms. The van der Waals surface area contributed by atoms with Gasteiger partial charge in [-0.3, -0.25) is 0 Å². The molecule has 3 nitrogen and oxygen atoms in total. The van der Waals surface area contributed by atoms with Crippen LogP contribution in [0.25, 0.3) is 0 Å². The molecule has 4 heteroatoms. The van der Waals surface area contributed by atoms with Gasteiger partial charge in [0.2, 0.25) is 0 Å². The van der Waals surface area contributed by atoms with E-state index in [0.29, 0.717) is 5.92 Å². The van der Waals surface area contributed by atoms with Crippen LogP contribution in [0, 0.1) is 5.92 Å². The Kier molecular flexibility index (Phi) is 6.52. The minimum absolute atomic E-state index is 0.630. The zero-order valence-corrected chi connectivity index (χ0v) is 14.9. The third-order valence-electron chi connectivity index (χ3n) is 3.70. The average molecular weight is 355 g/mol. The topological polar surface area (TPSA) is 24.5 Å². The summed E-state index contributed by atoms with van der Waals surface area (Å²) < 4.78 is 6.42. The van der Waals surface area contributed by atoms with Crippen molar-refractivity contribution in [1.82, 2.24) is 5.32 Å². The van der Waals surface area contributed by atoms with Crippen LogP contribution in [0.5, 0.6) is 0 Å². The van der Waals surface area contributed by atoms with Crippen LogP contribution in [0.15, 0.2) is 22.7 Å². The largest absolute Gasteiger partial charge is 0.383 e. The van der Waals surface area contributed by atoms with Crippen molar-refractivity contribution in [2.45, 2.75) is 39.3 Å². The second-order valence-electron chi connectivity index (χ2n) is 6.26. The number of hydrogen-bond donors (Lipinski definition) is 1. The fourth-order valence-electron chi connectivity index (χ4n) is 2.47. The maximum atomic E-state index is 5.28. The molecule has 1 N–H and O–H groups in total. The molecule has 2 rings (SSSR count). The Morgan fingerprint density at radius 1 is 1.38 bits per heavy atom. The minimum Gasteiger partial charge on any atom is -0.383 e. The lowest BCUT2D eigenvalue weighted by atomic mass is 10.1. The minimum atomic E-state index is 0.630. The van der Waals surface area contributed by atoms with Crippen LogP contribution < -0.4 is 10.2 Å². The van der Waals surface area contributed by atoms with Crippen molar-refractivity contribution >= 4 is 21.6 Å². The van der Waals surface area contributed by atoms with Gasteiger partial charge in [0.25, 0.3) is 0 Å². The Hall–Kier alpha value is -0.580. The predicted octanol–water partition coefficient (Wildman–Crippen LogP) is 3.81. The number of halogens is 1. The van der Waals surface area contributed by atoms with Crippen LogP contribution in [0.1, 0.15) is 32.3 Å². The highest BCUT2D eigenvalue weighted by Crippen LogP contribution is 2.27. The average Bonchev–Trinajstić information content (AvgIpc) is 3.26. The number of anilines is 1. The molecule has 0 atom stereocenters. The van der Waals surface area contributed by atoms with Crippen LogP contribution in [0.2, 0.25) is 0 Å². The first-order valence-corrected chi connectivity index (χ1v) is 8.65. The molecule has 21 heavy (non-hydrogen) atoms. The molecule has 0 amide bonds. The maximum Gasteiger partial charge on any atom is 0.0637 e. The molecule has 118 valence electrons. The number of nitrogens with one attached hydrogen (secondary N) is 1. The molecular weight excluding hydrogens is 328 g/mol. The Bertz CT molecular complexity index is 446. The van der Waals surface area contributed by atoms with E-state index < -0.39 is 0 Å². The van der Waals surface area contributed by atoms with E-state index in [1.165, 1.54) is 24.1 Å². The van der Waals surface area contributed by atoms with Crippen LogP contribution in [0.3, 0.4) is 0 Å². The van der Waals surface area contributed by atoms with E-state index in [9.17, 15) is 0 Å². The van der Waals surface area contributed by atoms with Crippen LogP contribution >= 0.6 is 15.9 Å². The van der Waals surface area contributed by atoms with Gasteiger partial charge < -0.3 is 15.0 Å². The molecule has 0 saturated heterocycles. The molecule has 1 fully saturated rings. The van der Waals surface area contributed by atoms with E-state index in [2.05, 4.69) is 58.2 Å². The Morgan fingerprint density at radius 2 is 2.14 bits per heavy atom. The highest BCUT2D eigenvalue weighted by molar-refractivity contribution is 9.10. The Balaban J connectivity index is 2.15. The molecule has 1 aliphatic rings. The van der Waals surface area contributed by atoms with Crippen molar-refractivity contribution in [3.63, 3.8) is 0 Å². The first kappa shape index (κ1) is 16.8. The monoisotopic (exact) mass is 354 g/mol. The third kappa shape index (κ3) is 5.61. The number of rotatable bonds is 9. The Labute approximate surface area is 137 Å². The van der Waals surface area contributed by atoms with Gasteiger partial charge in [0, 0.05) is 42.9 Å². The van der Waals surface area contributed by atoms with E-state index in [4.69, 9.17) is 4.74 Å². The van der Waals surface area contributed by atoms with Gasteiger partial charge >= 0.3 is 0 Å². The van der Waals surface area contributed by atoms with Gasteiger partial charge in [-0.25, -0.2) is 0 Å². The summed E-state index contributed by atoms with van der Waals surface area (Å²) in [5.74, 6) is 0.630. The predicted molar refractivity (Wildman–Crippen MR) is 92.9 cm³/mol. The van der Waals surface area contributed by atoms with Crippen molar-refractivity contribution in [2.75, 3.05) is 31.7 Å². The maximum absolute atomic E-state index is 5.28. The SMILES string of the molecule is COCCN(CC(C)C)c1cc(Br)ccc1CNC1CC1. The molecule has 0 aliphatic heterocycles. The molecule has 1 saturated carbocycles. The van der Waals surface area contributed by atoms with E-state index in [0.717, 1.165) is 36.8 Å². The van der Waals surface area contributed by atoms with Crippen LogP contribution in [0.4, 0.5) is 5.69 Å². The van der Waals surface area contributed by atoms with Crippen molar-refractivity contribution in [2.24, 2.45) is 5.92 Å². The summed E-state index contributed by atoms with van der Waals surface area (Å²) in [6.45, 7) is 8.22. The smallest absolute Gasteiger partial charge is 0.0637 e. The van der Waals surface area contributed by atoms with Crippen molar-refractivity contribution < 1.29 is 4.74 Å². The first-order chi connectivity index (χ1) is 10.1. The number of hydrogen-bond acceptors (Lipinski definition) is 3. The standard InChI is InChI=1S/C17H27BrN2O/c1-13(2)12-20(8-9-21-3)17-10-15(18)5-4-14(17)11-19-16-6-7-16/h4-5,10,13,16,19H,6-9,11-12H2,1-3H3. The third-order valence-corrected chi connectivity index (χ3v) is 4.19.